The Morgan fingerprint density at radius 1 is 1.00 bits per heavy atom. The number of aliphatic hydroxyl groups is 1. The van der Waals surface area contributed by atoms with Crippen LogP contribution in [0.3, 0.4) is 0 Å². The summed E-state index contributed by atoms with van der Waals surface area (Å²) in [5.41, 5.74) is 2.31. The largest absolute Gasteiger partial charge is 0.507 e. The number of ether oxygens (including phenoxy) is 1. The lowest BCUT2D eigenvalue weighted by Crippen LogP contribution is -2.29. The number of ketones is 1. The molecular weight excluding hydrogens is 495 g/mol. The number of benzene rings is 3. The van der Waals surface area contributed by atoms with E-state index in [4.69, 9.17) is 4.74 Å². The molecule has 198 valence electrons. The van der Waals surface area contributed by atoms with Crippen LogP contribution in [0.1, 0.15) is 59.2 Å². The highest BCUT2D eigenvalue weighted by Gasteiger charge is 2.47. The van der Waals surface area contributed by atoms with Crippen molar-refractivity contribution in [3.05, 3.63) is 99.6 Å². The maximum Gasteiger partial charge on any atom is 0.416 e. The zero-order valence-corrected chi connectivity index (χ0v) is 21.7. The number of carbonyl (C=O) groups is 2. The van der Waals surface area contributed by atoms with Crippen molar-refractivity contribution < 1.29 is 32.6 Å². The van der Waals surface area contributed by atoms with Gasteiger partial charge in [0.1, 0.15) is 11.5 Å². The monoisotopic (exact) mass is 523 g/mol. The van der Waals surface area contributed by atoms with Crippen LogP contribution in [0.4, 0.5) is 18.9 Å². The van der Waals surface area contributed by atoms with Crippen LogP contribution < -0.4 is 9.64 Å². The number of nitrogens with zero attached hydrogens (tertiary/aromatic N) is 1. The van der Waals surface area contributed by atoms with E-state index >= 15 is 0 Å². The molecule has 0 spiro atoms. The van der Waals surface area contributed by atoms with Crippen molar-refractivity contribution in [3.8, 4) is 5.75 Å². The van der Waals surface area contributed by atoms with Crippen LogP contribution in [0.15, 0.2) is 66.2 Å². The number of aliphatic hydroxyl groups excluding tert-OH is 1. The molecule has 4 rings (SSSR count). The number of aryl methyl sites for hydroxylation is 2. The third-order valence-corrected chi connectivity index (χ3v) is 6.73. The molecule has 3 aromatic rings. The predicted octanol–water partition coefficient (Wildman–Crippen LogP) is 7.08. The van der Waals surface area contributed by atoms with E-state index in [2.05, 4.69) is 0 Å². The fourth-order valence-corrected chi connectivity index (χ4v) is 4.79. The smallest absolute Gasteiger partial charge is 0.416 e. The summed E-state index contributed by atoms with van der Waals surface area (Å²) in [5, 5.41) is 11.6. The van der Waals surface area contributed by atoms with E-state index in [1.54, 1.807) is 44.4 Å². The van der Waals surface area contributed by atoms with Crippen LogP contribution in [0.5, 0.6) is 5.75 Å². The van der Waals surface area contributed by atoms with Gasteiger partial charge in [0.05, 0.1) is 24.3 Å². The van der Waals surface area contributed by atoms with Gasteiger partial charge in [-0.25, -0.2) is 0 Å². The van der Waals surface area contributed by atoms with Crippen molar-refractivity contribution in [2.75, 3.05) is 12.0 Å². The predicted molar refractivity (Wildman–Crippen MR) is 139 cm³/mol. The van der Waals surface area contributed by atoms with Crippen molar-refractivity contribution >= 4 is 23.1 Å². The molecule has 5 nitrogen and oxygen atoms in total. The van der Waals surface area contributed by atoms with Gasteiger partial charge in [-0.2, -0.15) is 13.2 Å². The molecule has 1 aliphatic rings. The molecule has 0 saturated carbocycles. The van der Waals surface area contributed by atoms with E-state index in [0.29, 0.717) is 22.4 Å². The lowest BCUT2D eigenvalue weighted by atomic mass is 9.90. The minimum atomic E-state index is -4.55. The summed E-state index contributed by atoms with van der Waals surface area (Å²) in [6, 6.07) is 13.6. The Morgan fingerprint density at radius 3 is 2.21 bits per heavy atom. The minimum Gasteiger partial charge on any atom is -0.507 e. The molecule has 1 heterocycles. The van der Waals surface area contributed by atoms with Gasteiger partial charge in [-0.1, -0.05) is 43.7 Å². The first kappa shape index (κ1) is 27.0. The molecule has 1 fully saturated rings. The highest BCUT2D eigenvalue weighted by molar-refractivity contribution is 6.51. The van der Waals surface area contributed by atoms with Gasteiger partial charge in [-0.05, 0) is 72.9 Å². The molecule has 3 aromatic carbocycles. The van der Waals surface area contributed by atoms with Crippen molar-refractivity contribution in [3.63, 3.8) is 0 Å². The number of rotatable bonds is 5. The molecule has 0 aliphatic carbocycles. The molecule has 38 heavy (non-hydrogen) atoms. The van der Waals surface area contributed by atoms with Gasteiger partial charge >= 0.3 is 6.18 Å². The summed E-state index contributed by atoms with van der Waals surface area (Å²) in [6.45, 7) is 7.53. The average molecular weight is 524 g/mol. The van der Waals surface area contributed by atoms with Crippen LogP contribution in [-0.4, -0.2) is 23.9 Å². The van der Waals surface area contributed by atoms with Crippen LogP contribution in [0.25, 0.3) is 5.76 Å². The third-order valence-electron chi connectivity index (χ3n) is 6.73. The Labute approximate surface area is 219 Å². The topological polar surface area (TPSA) is 66.8 Å². The van der Waals surface area contributed by atoms with Crippen LogP contribution in [0, 0.1) is 13.8 Å². The van der Waals surface area contributed by atoms with Gasteiger partial charge in [-0.15, -0.1) is 0 Å². The number of carbonyl (C=O) groups excluding carboxylic acids is 2. The molecular formula is C30H28F3NO4. The van der Waals surface area contributed by atoms with E-state index in [-0.39, 0.29) is 22.9 Å². The summed E-state index contributed by atoms with van der Waals surface area (Å²) in [6.07, 6.45) is -4.55. The summed E-state index contributed by atoms with van der Waals surface area (Å²) in [4.78, 5) is 27.9. The molecule has 1 saturated heterocycles. The Balaban J connectivity index is 1.96. The average Bonchev–Trinajstić information content (AvgIpc) is 3.13. The number of anilines is 1. The van der Waals surface area contributed by atoms with Gasteiger partial charge in [0, 0.05) is 11.3 Å². The first-order chi connectivity index (χ1) is 17.8. The number of methoxy groups -OCH3 is 1. The highest BCUT2D eigenvalue weighted by atomic mass is 19.4. The van der Waals surface area contributed by atoms with Crippen LogP contribution in [-0.2, 0) is 15.8 Å². The second-order valence-electron chi connectivity index (χ2n) is 9.69. The van der Waals surface area contributed by atoms with E-state index < -0.39 is 29.5 Å². The summed E-state index contributed by atoms with van der Waals surface area (Å²) < 4.78 is 45.0. The molecule has 1 aliphatic heterocycles. The summed E-state index contributed by atoms with van der Waals surface area (Å²) in [7, 11) is 1.55. The molecule has 8 heteroatoms. The maximum atomic E-state index is 13.4. The maximum absolute atomic E-state index is 13.4. The molecule has 0 radical (unpaired) electrons. The number of amides is 1. The van der Waals surface area contributed by atoms with E-state index in [1.165, 1.54) is 0 Å². The van der Waals surface area contributed by atoms with E-state index in [1.807, 2.05) is 26.8 Å². The fraction of sp³-hybridized carbons (Fsp3) is 0.267. The van der Waals surface area contributed by atoms with Gasteiger partial charge in [0.15, 0.2) is 0 Å². The summed E-state index contributed by atoms with van der Waals surface area (Å²) in [5.74, 6) is -1.54. The molecule has 1 N–H and O–H groups in total. The minimum absolute atomic E-state index is 0.0410. The first-order valence-corrected chi connectivity index (χ1v) is 12.1. The van der Waals surface area contributed by atoms with Gasteiger partial charge < -0.3 is 9.84 Å². The fourth-order valence-electron chi connectivity index (χ4n) is 4.79. The van der Waals surface area contributed by atoms with Gasteiger partial charge in [0.2, 0.25) is 0 Å². The number of halogens is 3. The summed E-state index contributed by atoms with van der Waals surface area (Å²) >= 11 is 0. The molecule has 1 unspecified atom stereocenters. The molecule has 1 atom stereocenters. The molecule has 0 bridgehead atoms. The van der Waals surface area contributed by atoms with Crippen molar-refractivity contribution in [1.82, 2.24) is 0 Å². The second kappa shape index (κ2) is 10.0. The van der Waals surface area contributed by atoms with Crippen molar-refractivity contribution in [2.24, 2.45) is 0 Å². The van der Waals surface area contributed by atoms with Crippen LogP contribution in [0.2, 0.25) is 0 Å². The number of Topliss-reactive ketones (excluding diaryl/α,β-unsaturated/α-hetero) is 1. The Bertz CT molecular complexity index is 1440. The zero-order valence-electron chi connectivity index (χ0n) is 21.7. The van der Waals surface area contributed by atoms with Crippen molar-refractivity contribution in [2.45, 2.75) is 45.8 Å². The van der Waals surface area contributed by atoms with E-state index in [9.17, 15) is 27.9 Å². The van der Waals surface area contributed by atoms with E-state index in [0.717, 1.165) is 40.3 Å². The zero-order chi connectivity index (χ0) is 27.9. The number of hydrogen-bond donors (Lipinski definition) is 1. The normalized spacial score (nSPS) is 17.4. The standard InChI is InChI=1S/C30H28F3NO4/c1-16(2)22-15-23(18(4)14-24(22)38-5)27(35)25-26(19-8-6-7-17(3)13-19)34(29(37)28(25)36)21-11-9-20(10-12-21)30(31,32)33/h6-16,26,35H,1-5H3/b27-25+. The number of alkyl halides is 3. The van der Waals surface area contributed by atoms with Crippen LogP contribution >= 0.6 is 0 Å². The second-order valence-corrected chi connectivity index (χ2v) is 9.69. The van der Waals surface area contributed by atoms with Crippen molar-refractivity contribution in [1.29, 1.82) is 0 Å². The highest BCUT2D eigenvalue weighted by Crippen LogP contribution is 2.44. The Morgan fingerprint density at radius 2 is 1.66 bits per heavy atom. The number of hydrogen-bond acceptors (Lipinski definition) is 4. The molecule has 1 amide bonds. The Kier molecular flexibility index (Phi) is 7.10. The SMILES string of the molecule is COc1cc(C)c(/C(O)=C2\C(=O)C(=O)N(c3ccc(C(F)(F)F)cc3)C2c2cccc(C)c2)cc1C(C)C. The Hall–Kier alpha value is -4.07. The lowest BCUT2D eigenvalue weighted by molar-refractivity contribution is -0.137. The lowest BCUT2D eigenvalue weighted by Gasteiger charge is -2.26. The molecule has 0 aromatic heterocycles. The van der Waals surface area contributed by atoms with Gasteiger partial charge in [-0.3, -0.25) is 14.5 Å². The van der Waals surface area contributed by atoms with Gasteiger partial charge in [0.25, 0.3) is 11.7 Å². The first-order valence-electron chi connectivity index (χ1n) is 12.1. The quantitative estimate of drug-likeness (QED) is 0.220. The third kappa shape index (κ3) is 4.78.